The van der Waals surface area contributed by atoms with Crippen LogP contribution in [0.3, 0.4) is 0 Å². The third kappa shape index (κ3) is 4.11. The minimum absolute atomic E-state index is 0.0239. The first kappa shape index (κ1) is 15.6. The van der Waals surface area contributed by atoms with Crippen LogP contribution in [0, 0.1) is 12.8 Å². The smallest absolute Gasteiger partial charge is 0.228 e. The topological polar surface area (TPSA) is 50.4 Å². The molecule has 1 aliphatic rings. The van der Waals surface area contributed by atoms with Crippen molar-refractivity contribution < 1.29 is 9.53 Å². The molecular weight excluding hydrogens is 288 g/mol. The van der Waals surface area contributed by atoms with E-state index in [9.17, 15) is 4.79 Å². The minimum Gasteiger partial charge on any atom is -0.455 e. The molecule has 120 valence electrons. The Bertz CT molecular complexity index is 679. The van der Waals surface area contributed by atoms with Gasteiger partial charge in [-0.1, -0.05) is 24.3 Å². The summed E-state index contributed by atoms with van der Waals surface area (Å²) in [5.74, 6) is 1.51. The fraction of sp³-hybridized carbons (Fsp3) is 0.316. The normalized spacial score (nSPS) is 17.5. The molecule has 4 heteroatoms. The van der Waals surface area contributed by atoms with Gasteiger partial charge in [-0.25, -0.2) is 0 Å². The highest BCUT2D eigenvalue weighted by atomic mass is 16.5. The van der Waals surface area contributed by atoms with Gasteiger partial charge in [0.25, 0.3) is 0 Å². The van der Waals surface area contributed by atoms with E-state index in [1.807, 2.05) is 55.5 Å². The van der Waals surface area contributed by atoms with Crippen LogP contribution in [0.4, 0.5) is 5.69 Å². The lowest BCUT2D eigenvalue weighted by Crippen LogP contribution is -2.37. The van der Waals surface area contributed by atoms with Gasteiger partial charge in [0.1, 0.15) is 5.75 Å². The van der Waals surface area contributed by atoms with E-state index in [0.29, 0.717) is 11.4 Å². The summed E-state index contributed by atoms with van der Waals surface area (Å²) in [6.07, 6.45) is 1.97. The molecule has 3 rings (SSSR count). The first-order valence-corrected chi connectivity index (χ1v) is 8.07. The quantitative estimate of drug-likeness (QED) is 0.905. The summed E-state index contributed by atoms with van der Waals surface area (Å²) < 4.78 is 5.95. The Morgan fingerprint density at radius 3 is 2.87 bits per heavy atom. The number of para-hydroxylation sites is 2. The molecule has 1 heterocycles. The molecule has 23 heavy (non-hydrogen) atoms. The van der Waals surface area contributed by atoms with E-state index in [0.717, 1.165) is 37.2 Å². The van der Waals surface area contributed by atoms with Crippen molar-refractivity contribution in [1.29, 1.82) is 0 Å². The lowest BCUT2D eigenvalue weighted by molar-refractivity contribution is -0.120. The highest BCUT2D eigenvalue weighted by molar-refractivity contribution is 5.94. The molecule has 0 saturated carbocycles. The van der Waals surface area contributed by atoms with Crippen LogP contribution in [-0.4, -0.2) is 19.0 Å². The molecule has 0 aromatic heterocycles. The van der Waals surface area contributed by atoms with Crippen LogP contribution < -0.4 is 15.4 Å². The molecule has 1 atom stereocenters. The SMILES string of the molecule is Cc1cccc(Oc2ccccc2NC(=O)[C@@H]2CCCNC2)c1. The van der Waals surface area contributed by atoms with Gasteiger partial charge < -0.3 is 15.4 Å². The molecule has 4 nitrogen and oxygen atoms in total. The summed E-state index contributed by atoms with van der Waals surface area (Å²) in [5, 5.41) is 6.28. The number of anilines is 1. The molecule has 1 saturated heterocycles. The van der Waals surface area contributed by atoms with E-state index in [2.05, 4.69) is 10.6 Å². The number of carbonyl (C=O) groups is 1. The van der Waals surface area contributed by atoms with Gasteiger partial charge in [0.05, 0.1) is 11.6 Å². The zero-order valence-corrected chi connectivity index (χ0v) is 13.3. The van der Waals surface area contributed by atoms with Gasteiger partial charge in [0.2, 0.25) is 5.91 Å². The second-order valence-corrected chi connectivity index (χ2v) is 5.95. The number of aryl methyl sites for hydroxylation is 1. The summed E-state index contributed by atoms with van der Waals surface area (Å²) >= 11 is 0. The van der Waals surface area contributed by atoms with Crippen LogP contribution in [0.2, 0.25) is 0 Å². The van der Waals surface area contributed by atoms with Crippen molar-refractivity contribution in [2.24, 2.45) is 5.92 Å². The minimum atomic E-state index is 0.0239. The molecule has 0 unspecified atom stereocenters. The Labute approximate surface area is 136 Å². The van der Waals surface area contributed by atoms with Crippen molar-refractivity contribution in [2.75, 3.05) is 18.4 Å². The molecule has 1 aliphatic heterocycles. The molecule has 1 fully saturated rings. The van der Waals surface area contributed by atoms with E-state index in [-0.39, 0.29) is 11.8 Å². The molecule has 2 aromatic carbocycles. The Morgan fingerprint density at radius 2 is 2.09 bits per heavy atom. The van der Waals surface area contributed by atoms with Crippen LogP contribution in [0.5, 0.6) is 11.5 Å². The van der Waals surface area contributed by atoms with E-state index < -0.39 is 0 Å². The van der Waals surface area contributed by atoms with Crippen LogP contribution in [-0.2, 0) is 4.79 Å². The largest absolute Gasteiger partial charge is 0.455 e. The molecular formula is C19H22N2O2. The van der Waals surface area contributed by atoms with Crippen LogP contribution in [0.1, 0.15) is 18.4 Å². The maximum atomic E-state index is 12.4. The number of benzene rings is 2. The number of piperidine rings is 1. The first-order chi connectivity index (χ1) is 11.2. The Balaban J connectivity index is 1.73. The van der Waals surface area contributed by atoms with Crippen molar-refractivity contribution in [3.63, 3.8) is 0 Å². The molecule has 1 amide bonds. The van der Waals surface area contributed by atoms with Crippen molar-refractivity contribution in [2.45, 2.75) is 19.8 Å². The number of carbonyl (C=O) groups excluding carboxylic acids is 1. The summed E-state index contributed by atoms with van der Waals surface area (Å²) in [6.45, 7) is 3.76. The zero-order chi connectivity index (χ0) is 16.1. The standard InChI is InChI=1S/C19H22N2O2/c1-14-6-4-8-16(12-14)23-18-10-3-2-9-17(18)21-19(22)15-7-5-11-20-13-15/h2-4,6,8-10,12,15,20H,5,7,11,13H2,1H3,(H,21,22)/t15-/m1/s1. The monoisotopic (exact) mass is 310 g/mol. The van der Waals surface area contributed by atoms with Crippen LogP contribution in [0.15, 0.2) is 48.5 Å². The number of rotatable bonds is 4. The van der Waals surface area contributed by atoms with E-state index in [1.165, 1.54) is 0 Å². The Morgan fingerprint density at radius 1 is 1.22 bits per heavy atom. The van der Waals surface area contributed by atoms with E-state index >= 15 is 0 Å². The number of ether oxygens (including phenoxy) is 1. The van der Waals surface area contributed by atoms with Crippen LogP contribution >= 0.6 is 0 Å². The van der Waals surface area contributed by atoms with E-state index in [4.69, 9.17) is 4.74 Å². The van der Waals surface area contributed by atoms with E-state index in [1.54, 1.807) is 0 Å². The number of hydrogen-bond acceptors (Lipinski definition) is 3. The van der Waals surface area contributed by atoms with Gasteiger partial charge in [0, 0.05) is 6.54 Å². The first-order valence-electron chi connectivity index (χ1n) is 8.07. The molecule has 0 radical (unpaired) electrons. The zero-order valence-electron chi connectivity index (χ0n) is 13.3. The summed E-state index contributed by atoms with van der Waals surface area (Å²) in [7, 11) is 0. The van der Waals surface area contributed by atoms with Gasteiger partial charge in [0.15, 0.2) is 5.75 Å². The number of nitrogens with one attached hydrogen (secondary N) is 2. The average molecular weight is 310 g/mol. The maximum Gasteiger partial charge on any atom is 0.228 e. The fourth-order valence-electron chi connectivity index (χ4n) is 2.78. The highest BCUT2D eigenvalue weighted by Crippen LogP contribution is 2.30. The fourth-order valence-corrected chi connectivity index (χ4v) is 2.78. The van der Waals surface area contributed by atoms with Gasteiger partial charge in [-0.2, -0.15) is 0 Å². The Kier molecular flexibility index (Phi) is 4.93. The maximum absolute atomic E-state index is 12.4. The number of hydrogen-bond donors (Lipinski definition) is 2. The van der Waals surface area contributed by atoms with Gasteiger partial charge in [-0.3, -0.25) is 4.79 Å². The second kappa shape index (κ2) is 7.29. The third-order valence-electron chi connectivity index (χ3n) is 4.03. The van der Waals surface area contributed by atoms with Crippen molar-refractivity contribution in [1.82, 2.24) is 5.32 Å². The third-order valence-corrected chi connectivity index (χ3v) is 4.03. The molecule has 2 aromatic rings. The molecule has 2 N–H and O–H groups in total. The summed E-state index contributed by atoms with van der Waals surface area (Å²) in [4.78, 5) is 12.4. The molecule has 0 aliphatic carbocycles. The number of amides is 1. The van der Waals surface area contributed by atoms with Crippen molar-refractivity contribution in [3.05, 3.63) is 54.1 Å². The van der Waals surface area contributed by atoms with Crippen molar-refractivity contribution in [3.8, 4) is 11.5 Å². The molecule has 0 spiro atoms. The highest BCUT2D eigenvalue weighted by Gasteiger charge is 2.21. The lowest BCUT2D eigenvalue weighted by Gasteiger charge is -2.22. The predicted molar refractivity (Wildman–Crippen MR) is 91.9 cm³/mol. The summed E-state index contributed by atoms with van der Waals surface area (Å²) in [6, 6.07) is 15.4. The predicted octanol–water partition coefficient (Wildman–Crippen LogP) is 3.73. The van der Waals surface area contributed by atoms with Crippen LogP contribution in [0.25, 0.3) is 0 Å². The van der Waals surface area contributed by atoms with Crippen molar-refractivity contribution >= 4 is 11.6 Å². The second-order valence-electron chi connectivity index (χ2n) is 5.95. The van der Waals surface area contributed by atoms with Gasteiger partial charge in [-0.05, 0) is 56.1 Å². The van der Waals surface area contributed by atoms with Gasteiger partial charge in [-0.15, -0.1) is 0 Å². The summed E-state index contributed by atoms with van der Waals surface area (Å²) in [5.41, 5.74) is 1.85. The average Bonchev–Trinajstić information content (AvgIpc) is 2.57. The Hall–Kier alpha value is -2.33. The molecule has 0 bridgehead atoms. The lowest BCUT2D eigenvalue weighted by atomic mass is 9.99. The van der Waals surface area contributed by atoms with Gasteiger partial charge >= 0.3 is 0 Å².